The van der Waals surface area contributed by atoms with Crippen LogP contribution in [0.5, 0.6) is 0 Å². The van der Waals surface area contributed by atoms with Gasteiger partial charge in [-0.25, -0.2) is 0 Å². The minimum atomic E-state index is -4.40. The molecule has 0 fully saturated rings. The molecular weight excluding hydrogens is 298 g/mol. The number of hydrogen-bond acceptors (Lipinski definition) is 1. The topological polar surface area (TPSA) is 20.3 Å². The van der Waals surface area contributed by atoms with Crippen LogP contribution in [-0.2, 0) is 17.3 Å². The second kappa shape index (κ2) is 4.63. The molecule has 0 saturated heterocycles. The Morgan fingerprint density at radius 3 is 2.48 bits per heavy atom. The number of rotatable bonds is 1. The van der Waals surface area contributed by atoms with E-state index in [-0.39, 0.29) is 0 Å². The summed E-state index contributed by atoms with van der Waals surface area (Å²) in [6.45, 7) is 1.96. The lowest BCUT2D eigenvalue weighted by Crippen LogP contribution is -2.16. The van der Waals surface area contributed by atoms with Crippen LogP contribution in [0.2, 0.25) is 0 Å². The summed E-state index contributed by atoms with van der Waals surface area (Å²) in [6, 6.07) is 12.3. The SMILES string of the molecule is CP1(=O)c2ccccc2CN1c1cccc(C(F)(F)F)c1. The van der Waals surface area contributed by atoms with E-state index in [0.29, 0.717) is 12.2 Å². The minimum Gasteiger partial charge on any atom is -0.315 e. The number of benzene rings is 2. The normalized spacial score (nSPS) is 21.4. The maximum Gasteiger partial charge on any atom is 0.416 e. The van der Waals surface area contributed by atoms with Crippen molar-refractivity contribution in [2.75, 3.05) is 11.3 Å². The summed E-state index contributed by atoms with van der Waals surface area (Å²) in [6.07, 6.45) is -4.40. The van der Waals surface area contributed by atoms with E-state index in [9.17, 15) is 17.7 Å². The molecule has 0 radical (unpaired) electrons. The molecule has 0 saturated carbocycles. The third-order valence-corrected chi connectivity index (χ3v) is 6.31. The molecule has 1 atom stereocenters. The van der Waals surface area contributed by atoms with Crippen molar-refractivity contribution in [1.82, 2.24) is 0 Å². The van der Waals surface area contributed by atoms with E-state index in [4.69, 9.17) is 0 Å². The van der Waals surface area contributed by atoms with Crippen LogP contribution in [0.1, 0.15) is 11.1 Å². The summed E-state index contributed by atoms with van der Waals surface area (Å²) >= 11 is 0. The molecule has 1 aliphatic heterocycles. The fourth-order valence-electron chi connectivity index (χ4n) is 2.63. The second-order valence-electron chi connectivity index (χ2n) is 5.11. The molecule has 1 unspecified atom stereocenters. The van der Waals surface area contributed by atoms with Crippen molar-refractivity contribution in [3.8, 4) is 0 Å². The third kappa shape index (κ3) is 2.36. The largest absolute Gasteiger partial charge is 0.416 e. The van der Waals surface area contributed by atoms with Crippen LogP contribution in [0.15, 0.2) is 48.5 Å². The summed E-state index contributed by atoms with van der Waals surface area (Å²) in [7, 11) is -2.87. The standard InChI is InChI=1S/C15H13F3NOP/c1-21(20)14-8-3-2-5-11(14)10-19(21)13-7-4-6-12(9-13)15(16,17)18/h2-9H,10H2,1H3. The van der Waals surface area contributed by atoms with Crippen LogP contribution in [0.25, 0.3) is 0 Å². The quantitative estimate of drug-likeness (QED) is 0.734. The van der Waals surface area contributed by atoms with Gasteiger partial charge in [-0.05, 0) is 29.8 Å². The predicted molar refractivity (Wildman–Crippen MR) is 77.2 cm³/mol. The molecule has 21 heavy (non-hydrogen) atoms. The van der Waals surface area contributed by atoms with Gasteiger partial charge in [-0.1, -0.05) is 24.3 Å². The van der Waals surface area contributed by atoms with E-state index in [1.807, 2.05) is 12.1 Å². The fraction of sp³-hybridized carbons (Fsp3) is 0.200. The monoisotopic (exact) mass is 311 g/mol. The van der Waals surface area contributed by atoms with Crippen LogP contribution in [0.3, 0.4) is 0 Å². The highest BCUT2D eigenvalue weighted by molar-refractivity contribution is 7.72. The molecule has 3 rings (SSSR count). The first-order valence-electron chi connectivity index (χ1n) is 6.41. The van der Waals surface area contributed by atoms with E-state index in [2.05, 4.69) is 0 Å². The molecule has 0 spiro atoms. The maximum atomic E-state index is 13.0. The number of hydrogen-bond donors (Lipinski definition) is 0. The lowest BCUT2D eigenvalue weighted by atomic mass is 10.2. The number of alkyl halides is 3. The first-order chi connectivity index (χ1) is 9.80. The Morgan fingerprint density at radius 1 is 1.10 bits per heavy atom. The summed E-state index contributed by atoms with van der Waals surface area (Å²) in [5.41, 5.74) is 0.517. The highest BCUT2D eigenvalue weighted by atomic mass is 31.2. The van der Waals surface area contributed by atoms with Crippen molar-refractivity contribution in [1.29, 1.82) is 0 Å². The predicted octanol–water partition coefficient (Wildman–Crippen LogP) is 4.26. The Hall–Kier alpha value is -1.74. The van der Waals surface area contributed by atoms with E-state index < -0.39 is 19.0 Å². The van der Waals surface area contributed by atoms with Crippen LogP contribution in [0.4, 0.5) is 18.9 Å². The van der Waals surface area contributed by atoms with Gasteiger partial charge in [0, 0.05) is 17.7 Å². The van der Waals surface area contributed by atoms with Gasteiger partial charge in [-0.2, -0.15) is 13.2 Å². The van der Waals surface area contributed by atoms with Gasteiger partial charge in [-0.15, -0.1) is 0 Å². The van der Waals surface area contributed by atoms with Gasteiger partial charge in [0.25, 0.3) is 0 Å². The minimum absolute atomic E-state index is 0.340. The van der Waals surface area contributed by atoms with Crippen molar-refractivity contribution >= 4 is 18.3 Å². The molecular formula is C15H13F3NOP. The zero-order valence-corrected chi connectivity index (χ0v) is 12.2. The van der Waals surface area contributed by atoms with E-state index >= 15 is 0 Å². The van der Waals surface area contributed by atoms with Gasteiger partial charge in [-0.3, -0.25) is 4.57 Å². The molecule has 2 aromatic carbocycles. The van der Waals surface area contributed by atoms with Gasteiger partial charge in [0.1, 0.15) is 0 Å². The molecule has 2 aromatic rings. The van der Waals surface area contributed by atoms with Crippen molar-refractivity contribution in [3.05, 3.63) is 59.7 Å². The summed E-state index contributed by atoms with van der Waals surface area (Å²) in [5, 5.41) is 0.724. The summed E-state index contributed by atoms with van der Waals surface area (Å²) in [5.74, 6) is 0. The van der Waals surface area contributed by atoms with Crippen LogP contribution in [-0.4, -0.2) is 6.66 Å². The van der Waals surface area contributed by atoms with Crippen LogP contribution in [0, 0.1) is 0 Å². The molecule has 1 aliphatic rings. The van der Waals surface area contributed by atoms with Gasteiger partial charge in [0.2, 0.25) is 0 Å². The number of anilines is 1. The van der Waals surface area contributed by atoms with Crippen molar-refractivity contribution in [2.45, 2.75) is 12.7 Å². The summed E-state index contributed by atoms with van der Waals surface area (Å²) in [4.78, 5) is 0. The Labute approximate surface area is 120 Å². The zero-order valence-electron chi connectivity index (χ0n) is 11.3. The van der Waals surface area contributed by atoms with Crippen molar-refractivity contribution in [2.24, 2.45) is 0 Å². The second-order valence-corrected chi connectivity index (χ2v) is 7.84. The van der Waals surface area contributed by atoms with Gasteiger partial charge in [0.05, 0.1) is 12.1 Å². The Kier molecular flexibility index (Phi) is 3.14. The summed E-state index contributed by atoms with van der Waals surface area (Å²) < 4.78 is 53.0. The molecule has 2 nitrogen and oxygen atoms in total. The number of nitrogens with zero attached hydrogens (tertiary/aromatic N) is 1. The van der Waals surface area contributed by atoms with Gasteiger partial charge < -0.3 is 4.67 Å². The molecule has 110 valence electrons. The highest BCUT2D eigenvalue weighted by Crippen LogP contribution is 2.53. The molecule has 0 aliphatic carbocycles. The molecule has 1 heterocycles. The van der Waals surface area contributed by atoms with Crippen LogP contribution >= 0.6 is 7.29 Å². The number of fused-ring (bicyclic) bond motifs is 1. The average molecular weight is 311 g/mol. The third-order valence-electron chi connectivity index (χ3n) is 3.69. The van der Waals surface area contributed by atoms with E-state index in [1.165, 1.54) is 6.07 Å². The number of halogens is 3. The molecule has 6 heteroatoms. The van der Waals surface area contributed by atoms with E-state index in [0.717, 1.165) is 23.0 Å². The zero-order chi connectivity index (χ0) is 15.3. The highest BCUT2D eigenvalue weighted by Gasteiger charge is 2.37. The van der Waals surface area contributed by atoms with E-state index in [1.54, 1.807) is 29.5 Å². The molecule has 0 N–H and O–H groups in total. The Morgan fingerprint density at radius 2 is 1.81 bits per heavy atom. The van der Waals surface area contributed by atoms with Crippen molar-refractivity contribution in [3.63, 3.8) is 0 Å². The molecule has 0 bridgehead atoms. The average Bonchev–Trinajstić information content (AvgIpc) is 2.70. The molecule has 0 amide bonds. The lowest BCUT2D eigenvalue weighted by molar-refractivity contribution is -0.137. The van der Waals surface area contributed by atoms with Gasteiger partial charge >= 0.3 is 6.18 Å². The smallest absolute Gasteiger partial charge is 0.315 e. The van der Waals surface area contributed by atoms with Gasteiger partial charge in [0.15, 0.2) is 7.29 Å². The Bertz CT molecular complexity index is 742. The van der Waals surface area contributed by atoms with Crippen molar-refractivity contribution < 1.29 is 17.7 Å². The lowest BCUT2D eigenvalue weighted by Gasteiger charge is -2.25. The first-order valence-corrected chi connectivity index (χ1v) is 8.52. The fourth-order valence-corrected chi connectivity index (χ4v) is 4.92. The Balaban J connectivity index is 2.06. The molecule has 0 aromatic heterocycles. The maximum absolute atomic E-state index is 13.0. The first kappa shape index (κ1) is 14.2. The van der Waals surface area contributed by atoms with Crippen LogP contribution < -0.4 is 9.97 Å².